The second-order valence-corrected chi connectivity index (χ2v) is 7.30. The number of benzene rings is 2. The van der Waals surface area contributed by atoms with Gasteiger partial charge < -0.3 is 5.11 Å². The molecule has 1 aliphatic carbocycles. The molecular weight excluding hydrogens is 405 g/mol. The summed E-state index contributed by atoms with van der Waals surface area (Å²) in [6, 6.07) is 6.53. The van der Waals surface area contributed by atoms with Crippen LogP contribution < -0.4 is 0 Å². The largest absolute Gasteiger partial charge is 0.478 e. The number of hydrogen-bond donors (Lipinski definition) is 1. The molecule has 1 aliphatic rings. The highest BCUT2D eigenvalue weighted by atomic mass is 19.2. The van der Waals surface area contributed by atoms with Crippen molar-refractivity contribution in [3.8, 4) is 0 Å². The fourth-order valence-corrected chi connectivity index (χ4v) is 3.90. The molecule has 1 N–H and O–H groups in total. The number of carboxylic acid groups (broad SMARTS) is 1. The molecule has 3 nitrogen and oxygen atoms in total. The van der Waals surface area contributed by atoms with Crippen LogP contribution in [0.2, 0.25) is 0 Å². The van der Waals surface area contributed by atoms with Gasteiger partial charge in [0.2, 0.25) is 5.82 Å². The lowest BCUT2D eigenvalue weighted by atomic mass is 9.80. The molecule has 0 saturated heterocycles. The monoisotopic (exact) mass is 419 g/mol. The van der Waals surface area contributed by atoms with Gasteiger partial charge in [-0.15, -0.1) is 0 Å². The minimum atomic E-state index is -2.23. The summed E-state index contributed by atoms with van der Waals surface area (Å²) < 4.78 is 69.0. The van der Waals surface area contributed by atoms with E-state index in [9.17, 15) is 31.9 Å². The van der Waals surface area contributed by atoms with Gasteiger partial charge in [0, 0.05) is 5.39 Å². The number of para-hydroxylation sites is 1. The minimum Gasteiger partial charge on any atom is -0.478 e. The molecule has 0 bridgehead atoms. The zero-order valence-corrected chi connectivity index (χ0v) is 15.6. The number of aromatic nitrogens is 1. The Kier molecular flexibility index (Phi) is 4.80. The van der Waals surface area contributed by atoms with Crippen LogP contribution in [0.4, 0.5) is 22.0 Å². The van der Waals surface area contributed by atoms with Gasteiger partial charge in [-0.05, 0) is 42.0 Å². The van der Waals surface area contributed by atoms with Gasteiger partial charge in [0.05, 0.1) is 22.3 Å². The number of allylic oxidation sites excluding steroid dienone is 1. The molecule has 0 amide bonds. The first-order valence-electron chi connectivity index (χ1n) is 9.08. The maximum absolute atomic E-state index is 14.2. The average Bonchev–Trinajstić information content (AvgIpc) is 2.72. The predicted molar refractivity (Wildman–Crippen MR) is 100 cm³/mol. The van der Waals surface area contributed by atoms with E-state index in [0.717, 1.165) is 6.08 Å². The zero-order valence-electron chi connectivity index (χ0n) is 15.6. The summed E-state index contributed by atoms with van der Waals surface area (Å²) in [5.74, 6) is -11.5. The van der Waals surface area contributed by atoms with Crippen molar-refractivity contribution < 1.29 is 31.9 Å². The lowest BCUT2D eigenvalue weighted by Gasteiger charge is -2.26. The van der Waals surface area contributed by atoms with Crippen molar-refractivity contribution in [1.29, 1.82) is 0 Å². The van der Waals surface area contributed by atoms with Gasteiger partial charge in [0.1, 0.15) is 0 Å². The van der Waals surface area contributed by atoms with E-state index in [1.165, 1.54) is 0 Å². The van der Waals surface area contributed by atoms with Crippen molar-refractivity contribution in [3.63, 3.8) is 0 Å². The van der Waals surface area contributed by atoms with Gasteiger partial charge in [-0.3, -0.25) is 0 Å². The zero-order chi connectivity index (χ0) is 21.7. The second kappa shape index (κ2) is 7.19. The van der Waals surface area contributed by atoms with E-state index in [4.69, 9.17) is 0 Å². The van der Waals surface area contributed by atoms with Gasteiger partial charge in [-0.2, -0.15) is 0 Å². The van der Waals surface area contributed by atoms with Crippen LogP contribution in [0.5, 0.6) is 0 Å². The minimum absolute atomic E-state index is 0.0189. The van der Waals surface area contributed by atoms with Crippen LogP contribution in [-0.4, -0.2) is 16.1 Å². The molecular formula is C22H14F5NO2. The summed E-state index contributed by atoms with van der Waals surface area (Å²) in [7, 11) is 0. The van der Waals surface area contributed by atoms with E-state index in [1.807, 2.05) is 0 Å². The SMILES string of the molecule is CC1CC(=Cc2c(F)c(F)c(F)c(F)c2F)c2nc3ccccc3c(C(=O)O)c2C1. The molecule has 1 aromatic heterocycles. The van der Waals surface area contributed by atoms with Crippen LogP contribution >= 0.6 is 0 Å². The summed E-state index contributed by atoms with van der Waals surface area (Å²) >= 11 is 0. The first kappa shape index (κ1) is 20.0. The van der Waals surface area contributed by atoms with E-state index < -0.39 is 40.6 Å². The Morgan fingerprint density at radius 3 is 2.23 bits per heavy atom. The van der Waals surface area contributed by atoms with Crippen LogP contribution in [0.15, 0.2) is 24.3 Å². The molecule has 30 heavy (non-hydrogen) atoms. The molecule has 0 radical (unpaired) electrons. The van der Waals surface area contributed by atoms with Gasteiger partial charge in [-0.1, -0.05) is 25.1 Å². The van der Waals surface area contributed by atoms with Crippen molar-refractivity contribution in [2.75, 3.05) is 0 Å². The number of rotatable bonds is 2. The van der Waals surface area contributed by atoms with Crippen molar-refractivity contribution in [3.05, 3.63) is 75.7 Å². The van der Waals surface area contributed by atoms with Gasteiger partial charge in [0.25, 0.3) is 0 Å². The topological polar surface area (TPSA) is 50.2 Å². The Bertz CT molecular complexity index is 1220. The van der Waals surface area contributed by atoms with Crippen LogP contribution in [0.25, 0.3) is 22.6 Å². The normalized spacial score (nSPS) is 17.4. The smallest absolute Gasteiger partial charge is 0.336 e. The predicted octanol–water partition coefficient (Wildman–Crippen LogP) is 5.75. The summed E-state index contributed by atoms with van der Waals surface area (Å²) in [5.41, 5.74) is 0.0636. The molecule has 1 atom stereocenters. The van der Waals surface area contributed by atoms with Crippen molar-refractivity contribution in [1.82, 2.24) is 4.98 Å². The van der Waals surface area contributed by atoms with E-state index in [-0.39, 0.29) is 29.2 Å². The van der Waals surface area contributed by atoms with Crippen molar-refractivity contribution in [2.24, 2.45) is 5.92 Å². The highest BCUT2D eigenvalue weighted by molar-refractivity contribution is 6.05. The first-order valence-corrected chi connectivity index (χ1v) is 9.08. The van der Waals surface area contributed by atoms with E-state index in [2.05, 4.69) is 4.98 Å². The third-order valence-electron chi connectivity index (χ3n) is 5.19. The lowest BCUT2D eigenvalue weighted by molar-refractivity contribution is 0.0697. The van der Waals surface area contributed by atoms with Crippen LogP contribution in [-0.2, 0) is 6.42 Å². The average molecular weight is 419 g/mol. The Morgan fingerprint density at radius 1 is 1.00 bits per heavy atom. The number of pyridine rings is 1. The quantitative estimate of drug-likeness (QED) is 0.327. The molecule has 0 saturated carbocycles. The maximum Gasteiger partial charge on any atom is 0.336 e. The first-order chi connectivity index (χ1) is 14.2. The van der Waals surface area contributed by atoms with Gasteiger partial charge in [-0.25, -0.2) is 31.7 Å². The number of hydrogen-bond acceptors (Lipinski definition) is 2. The number of aromatic carboxylic acids is 1. The Hall–Kier alpha value is -3.29. The summed E-state index contributed by atoms with van der Waals surface area (Å²) in [6.07, 6.45) is 1.46. The Labute approximate surface area is 167 Å². The van der Waals surface area contributed by atoms with Gasteiger partial charge in [0.15, 0.2) is 23.3 Å². The number of fused-ring (bicyclic) bond motifs is 2. The number of halogens is 5. The Morgan fingerprint density at radius 2 is 1.60 bits per heavy atom. The molecule has 3 aromatic rings. The van der Waals surface area contributed by atoms with Gasteiger partial charge >= 0.3 is 5.97 Å². The lowest BCUT2D eigenvalue weighted by Crippen LogP contribution is -2.18. The molecule has 0 spiro atoms. The molecule has 154 valence electrons. The maximum atomic E-state index is 14.2. The highest BCUT2D eigenvalue weighted by Gasteiger charge is 2.30. The Balaban J connectivity index is 2.04. The van der Waals surface area contributed by atoms with E-state index in [0.29, 0.717) is 22.9 Å². The molecule has 2 aromatic carbocycles. The summed E-state index contributed by atoms with van der Waals surface area (Å²) in [6.45, 7) is 1.80. The fourth-order valence-electron chi connectivity index (χ4n) is 3.90. The second-order valence-electron chi connectivity index (χ2n) is 7.30. The molecule has 4 rings (SSSR count). The van der Waals surface area contributed by atoms with Crippen molar-refractivity contribution >= 4 is 28.5 Å². The highest BCUT2D eigenvalue weighted by Crippen LogP contribution is 2.39. The summed E-state index contributed by atoms with van der Waals surface area (Å²) in [4.78, 5) is 16.4. The van der Waals surface area contributed by atoms with Crippen LogP contribution in [0.1, 0.15) is 40.5 Å². The number of nitrogens with zero attached hydrogens (tertiary/aromatic N) is 1. The molecule has 1 heterocycles. The number of carboxylic acids is 1. The molecule has 0 aliphatic heterocycles. The third-order valence-corrected chi connectivity index (χ3v) is 5.19. The van der Waals surface area contributed by atoms with E-state index >= 15 is 0 Å². The van der Waals surface area contributed by atoms with Crippen LogP contribution in [0, 0.1) is 35.0 Å². The molecule has 1 unspecified atom stereocenters. The summed E-state index contributed by atoms with van der Waals surface area (Å²) in [5, 5.41) is 10.2. The number of carbonyl (C=O) groups is 1. The molecule has 0 fully saturated rings. The van der Waals surface area contributed by atoms with Crippen LogP contribution in [0.3, 0.4) is 0 Å². The van der Waals surface area contributed by atoms with Crippen molar-refractivity contribution in [2.45, 2.75) is 19.8 Å². The standard InChI is InChI=1S/C22H14F5NO2/c1-9-6-10(8-13-16(23)18(25)20(27)19(26)17(13)24)21-12(7-9)15(22(29)30)11-4-2-3-5-14(11)28-21/h2-5,8-9H,6-7H2,1H3,(H,29,30). The third kappa shape index (κ3) is 3.03. The fraction of sp³-hybridized carbons (Fsp3) is 0.182. The molecule has 8 heteroatoms. The van der Waals surface area contributed by atoms with E-state index in [1.54, 1.807) is 31.2 Å².